The van der Waals surface area contributed by atoms with Crippen molar-refractivity contribution in [3.8, 4) is 0 Å². The van der Waals surface area contributed by atoms with Gasteiger partial charge in [0.2, 0.25) is 0 Å². The van der Waals surface area contributed by atoms with E-state index < -0.39 is 138 Å². The smallest absolute Gasteiger partial charge is 0.294 e. The number of carbonyl (C=O) groups is 1. The molecule has 0 aromatic heterocycles. The standard InChI is InChI=1S/C28H12F34O/c29-13(30,15(33,34)17(37,38)19(41,42)21(45,46)23(49,50)25(53,54)27(57,58)59)8-1-2-10-3-5-11(6-4-10)12(63)7-9-14(31,32)16(35,36)18(39,40)20(43,44)22(47,48)24(51,52)26(55,56)28(60,61)62/h1-6H,7-9H2/b2-1+. The first-order valence-corrected chi connectivity index (χ1v) is 14.8. The fraction of sp³-hybridized carbons (Fsp3) is 0.679. The van der Waals surface area contributed by atoms with Gasteiger partial charge in [-0.05, 0) is 5.56 Å². The summed E-state index contributed by atoms with van der Waals surface area (Å²) in [6, 6.07) is 0.801. The molecule has 0 saturated heterocycles. The van der Waals surface area contributed by atoms with Crippen LogP contribution in [0.25, 0.3) is 6.08 Å². The first-order chi connectivity index (χ1) is 27.1. The number of allylic oxidation sites excluding steroid dienone is 1. The van der Waals surface area contributed by atoms with E-state index in [1.54, 1.807) is 0 Å². The zero-order valence-electron chi connectivity index (χ0n) is 28.3. The summed E-state index contributed by atoms with van der Waals surface area (Å²) in [4.78, 5) is 12.1. The Bertz CT molecular complexity index is 1810. The molecule has 35 heteroatoms. The average Bonchev–Trinajstić information content (AvgIpc) is 3.08. The van der Waals surface area contributed by atoms with Crippen LogP contribution in [0, 0.1) is 0 Å². The molecule has 0 N–H and O–H groups in total. The molecule has 0 bridgehead atoms. The molecule has 0 radical (unpaired) electrons. The van der Waals surface area contributed by atoms with Crippen LogP contribution < -0.4 is 0 Å². The third-order valence-corrected chi connectivity index (χ3v) is 8.16. The zero-order chi connectivity index (χ0) is 51.1. The number of hydrogen-bond donors (Lipinski definition) is 0. The summed E-state index contributed by atoms with van der Waals surface area (Å²) in [6.45, 7) is 0. The summed E-state index contributed by atoms with van der Waals surface area (Å²) in [7, 11) is 0. The Morgan fingerprint density at radius 3 is 0.889 bits per heavy atom. The Morgan fingerprint density at radius 2 is 0.603 bits per heavy atom. The molecule has 0 unspecified atom stereocenters. The molecule has 368 valence electrons. The highest BCUT2D eigenvalue weighted by atomic mass is 19.4. The molecule has 1 nitrogen and oxygen atoms in total. The van der Waals surface area contributed by atoms with E-state index in [1.165, 1.54) is 0 Å². The van der Waals surface area contributed by atoms with Gasteiger partial charge in [-0.3, -0.25) is 4.79 Å². The first-order valence-electron chi connectivity index (χ1n) is 14.8. The summed E-state index contributed by atoms with van der Waals surface area (Å²) < 4.78 is 455. The van der Waals surface area contributed by atoms with Crippen molar-refractivity contribution in [3.05, 3.63) is 41.5 Å². The Morgan fingerprint density at radius 1 is 0.349 bits per heavy atom. The van der Waals surface area contributed by atoms with Gasteiger partial charge in [-0.25, -0.2) is 0 Å². The van der Waals surface area contributed by atoms with Gasteiger partial charge in [-0.2, -0.15) is 149 Å². The predicted molar refractivity (Wildman–Crippen MR) is 135 cm³/mol. The number of Topliss-reactive ketones (excluding diaryl/α,β-unsaturated/α-hetero) is 1. The van der Waals surface area contributed by atoms with Gasteiger partial charge in [0.05, 0.1) is 0 Å². The summed E-state index contributed by atoms with van der Waals surface area (Å²) in [5.74, 6) is -120. The van der Waals surface area contributed by atoms with Crippen LogP contribution in [0.5, 0.6) is 0 Å². The van der Waals surface area contributed by atoms with Crippen LogP contribution in [0.1, 0.15) is 35.2 Å². The molecule has 0 aliphatic carbocycles. The van der Waals surface area contributed by atoms with Crippen LogP contribution in [-0.4, -0.2) is 101 Å². The molecule has 0 aliphatic heterocycles. The largest absolute Gasteiger partial charge is 0.460 e. The summed E-state index contributed by atoms with van der Waals surface area (Å²) in [5, 5.41) is 0. The minimum Gasteiger partial charge on any atom is -0.294 e. The van der Waals surface area contributed by atoms with Crippen LogP contribution in [0.2, 0.25) is 0 Å². The third kappa shape index (κ3) is 8.27. The highest BCUT2D eigenvalue weighted by Crippen LogP contribution is 2.66. The van der Waals surface area contributed by atoms with Crippen LogP contribution in [0.3, 0.4) is 0 Å². The van der Waals surface area contributed by atoms with Crippen LogP contribution >= 0.6 is 0 Å². The Hall–Kier alpha value is -3.75. The second-order valence-electron chi connectivity index (χ2n) is 12.4. The van der Waals surface area contributed by atoms with E-state index in [-0.39, 0.29) is 30.3 Å². The van der Waals surface area contributed by atoms with Crippen molar-refractivity contribution >= 4 is 11.9 Å². The molecular weight excluding hydrogens is 998 g/mol. The zero-order valence-corrected chi connectivity index (χ0v) is 28.3. The maximum atomic E-state index is 14.1. The SMILES string of the molecule is O=C(CCC(F)(F)C(F)(F)C(F)(F)C(F)(F)C(F)(F)C(F)(F)C(F)(F)C(F)(F)F)c1ccc(/C=C/CC(F)(F)C(F)(F)C(F)(F)C(F)(F)C(F)(F)C(F)(F)C(F)(F)C(F)(F)F)cc1. The van der Waals surface area contributed by atoms with Crippen molar-refractivity contribution < 1.29 is 154 Å². The van der Waals surface area contributed by atoms with Gasteiger partial charge in [0, 0.05) is 24.8 Å². The summed E-state index contributed by atoms with van der Waals surface area (Å²) >= 11 is 0. The monoisotopic (exact) mass is 1010 g/mol. The average molecular weight is 1010 g/mol. The van der Waals surface area contributed by atoms with E-state index in [0.29, 0.717) is 0 Å². The van der Waals surface area contributed by atoms with Gasteiger partial charge in [-0.15, -0.1) is 0 Å². The molecule has 0 fully saturated rings. The molecule has 0 aliphatic rings. The number of rotatable bonds is 19. The van der Waals surface area contributed by atoms with Crippen LogP contribution in [0.4, 0.5) is 149 Å². The molecule has 1 aromatic rings. The van der Waals surface area contributed by atoms with Crippen molar-refractivity contribution in [1.82, 2.24) is 0 Å². The molecule has 1 rings (SSSR count). The normalized spacial score (nSPS) is 16.3. The highest BCUT2D eigenvalue weighted by Gasteiger charge is 2.96. The molecule has 0 amide bonds. The maximum absolute atomic E-state index is 14.1. The van der Waals surface area contributed by atoms with Gasteiger partial charge in [0.25, 0.3) is 0 Å². The Balaban J connectivity index is 3.33. The quantitative estimate of drug-likeness (QED) is 0.0997. The van der Waals surface area contributed by atoms with Gasteiger partial charge in [-0.1, -0.05) is 36.4 Å². The summed E-state index contributed by atoms with van der Waals surface area (Å²) in [5.41, 5.74) is -2.09. The van der Waals surface area contributed by atoms with E-state index in [2.05, 4.69) is 0 Å². The molecule has 1 aromatic carbocycles. The minimum absolute atomic E-state index is 0.0674. The lowest BCUT2D eigenvalue weighted by Gasteiger charge is -2.42. The molecule has 0 atom stereocenters. The van der Waals surface area contributed by atoms with Crippen molar-refractivity contribution in [2.45, 2.75) is 115 Å². The molecule has 0 heterocycles. The predicted octanol–water partition coefficient (Wildman–Crippen LogP) is 14.1. The van der Waals surface area contributed by atoms with E-state index in [1.807, 2.05) is 0 Å². The number of ketones is 1. The van der Waals surface area contributed by atoms with Crippen molar-refractivity contribution in [2.75, 3.05) is 0 Å². The molecule has 63 heavy (non-hydrogen) atoms. The van der Waals surface area contributed by atoms with Gasteiger partial charge < -0.3 is 0 Å². The van der Waals surface area contributed by atoms with Crippen molar-refractivity contribution in [1.29, 1.82) is 0 Å². The highest BCUT2D eigenvalue weighted by molar-refractivity contribution is 5.96. The second-order valence-corrected chi connectivity index (χ2v) is 12.4. The van der Waals surface area contributed by atoms with Gasteiger partial charge in [0.1, 0.15) is 0 Å². The number of halogens is 34. The van der Waals surface area contributed by atoms with E-state index in [0.717, 1.165) is 0 Å². The topological polar surface area (TPSA) is 17.1 Å². The lowest BCUT2D eigenvalue weighted by molar-refractivity contribution is -0.461. The van der Waals surface area contributed by atoms with Crippen LogP contribution in [0.15, 0.2) is 30.3 Å². The fourth-order valence-corrected chi connectivity index (χ4v) is 4.22. The number of hydrogen-bond acceptors (Lipinski definition) is 1. The van der Waals surface area contributed by atoms with Gasteiger partial charge in [0.15, 0.2) is 5.78 Å². The van der Waals surface area contributed by atoms with Crippen LogP contribution in [-0.2, 0) is 0 Å². The number of benzene rings is 1. The minimum atomic E-state index is -8.95. The first kappa shape index (κ1) is 57.3. The molecular formula is C28H12F34O. The lowest BCUT2D eigenvalue weighted by atomic mass is 9.87. The lowest BCUT2D eigenvalue weighted by Crippen LogP contribution is -2.74. The van der Waals surface area contributed by atoms with E-state index >= 15 is 0 Å². The number of alkyl halides is 34. The van der Waals surface area contributed by atoms with Crippen molar-refractivity contribution in [3.63, 3.8) is 0 Å². The third-order valence-electron chi connectivity index (χ3n) is 8.16. The van der Waals surface area contributed by atoms with Crippen molar-refractivity contribution in [2.24, 2.45) is 0 Å². The van der Waals surface area contributed by atoms with E-state index in [4.69, 9.17) is 0 Å². The summed E-state index contributed by atoms with van der Waals surface area (Å²) in [6.07, 6.45) is -25.4. The maximum Gasteiger partial charge on any atom is 0.460 e. The van der Waals surface area contributed by atoms with E-state index in [9.17, 15) is 154 Å². The fourth-order valence-electron chi connectivity index (χ4n) is 4.22. The number of carbonyl (C=O) groups excluding carboxylic acids is 1. The Labute approximate surface area is 323 Å². The van der Waals surface area contributed by atoms with Gasteiger partial charge >= 0.3 is 95.3 Å². The second kappa shape index (κ2) is 15.7. The molecule has 0 saturated carbocycles. The Kier molecular flexibility index (Phi) is 14.3. The molecule has 0 spiro atoms.